The number of carbonyl (C=O) groups excluding carboxylic acids is 2. The summed E-state index contributed by atoms with van der Waals surface area (Å²) in [6.07, 6.45) is 1.10. The number of halogens is 1. The minimum absolute atomic E-state index is 0.0853. The lowest BCUT2D eigenvalue weighted by molar-refractivity contribution is 0.0938. The van der Waals surface area contributed by atoms with Gasteiger partial charge in [-0.2, -0.15) is 0 Å². The molecule has 32 heavy (non-hydrogen) atoms. The van der Waals surface area contributed by atoms with Gasteiger partial charge in [-0.3, -0.25) is 9.59 Å². The third-order valence-electron chi connectivity index (χ3n) is 5.00. The Balaban J connectivity index is 1.68. The maximum atomic E-state index is 13.0. The maximum Gasteiger partial charge on any atom is 0.255 e. The van der Waals surface area contributed by atoms with Crippen molar-refractivity contribution in [2.45, 2.75) is 24.8 Å². The van der Waals surface area contributed by atoms with Gasteiger partial charge in [0.15, 0.2) is 9.84 Å². The van der Waals surface area contributed by atoms with Crippen molar-refractivity contribution in [3.05, 3.63) is 94.8 Å². The molecule has 0 spiro atoms. The summed E-state index contributed by atoms with van der Waals surface area (Å²) in [6, 6.07) is 16.3. The number of sulfone groups is 1. The molecule has 0 aliphatic rings. The van der Waals surface area contributed by atoms with E-state index in [1.54, 1.807) is 44.2 Å². The number of benzene rings is 3. The number of nitrogens with one attached hydrogen (secondary N) is 2. The van der Waals surface area contributed by atoms with Crippen LogP contribution in [0.2, 0.25) is 0 Å². The van der Waals surface area contributed by atoms with E-state index in [1.807, 2.05) is 0 Å². The van der Waals surface area contributed by atoms with E-state index in [2.05, 4.69) is 10.6 Å². The molecule has 0 bridgehead atoms. The van der Waals surface area contributed by atoms with Crippen molar-refractivity contribution in [2.24, 2.45) is 0 Å². The molecule has 166 valence electrons. The zero-order valence-corrected chi connectivity index (χ0v) is 18.7. The Bertz CT molecular complexity index is 1250. The molecule has 0 fully saturated rings. The van der Waals surface area contributed by atoms with Crippen LogP contribution in [0.3, 0.4) is 0 Å². The van der Waals surface area contributed by atoms with Gasteiger partial charge in [-0.15, -0.1) is 0 Å². The van der Waals surface area contributed by atoms with E-state index in [0.717, 1.165) is 11.8 Å². The van der Waals surface area contributed by atoms with Gasteiger partial charge in [0.1, 0.15) is 5.82 Å². The predicted molar refractivity (Wildman–Crippen MR) is 121 cm³/mol. The third kappa shape index (κ3) is 5.59. The summed E-state index contributed by atoms with van der Waals surface area (Å²) in [5, 5.41) is 5.60. The summed E-state index contributed by atoms with van der Waals surface area (Å²) >= 11 is 0. The summed E-state index contributed by atoms with van der Waals surface area (Å²) < 4.78 is 36.6. The first kappa shape index (κ1) is 23.1. The van der Waals surface area contributed by atoms with Crippen LogP contribution < -0.4 is 10.6 Å². The topological polar surface area (TPSA) is 92.3 Å². The van der Waals surface area contributed by atoms with Crippen molar-refractivity contribution in [1.29, 1.82) is 0 Å². The Hall–Kier alpha value is -3.52. The van der Waals surface area contributed by atoms with E-state index < -0.39 is 15.7 Å². The largest absolute Gasteiger partial charge is 0.346 e. The van der Waals surface area contributed by atoms with Crippen LogP contribution in [0.1, 0.15) is 44.8 Å². The second kappa shape index (κ2) is 9.32. The third-order valence-corrected chi connectivity index (χ3v) is 6.11. The first-order valence-electron chi connectivity index (χ1n) is 9.83. The van der Waals surface area contributed by atoms with E-state index in [0.29, 0.717) is 22.4 Å². The number of carbonyl (C=O) groups is 2. The van der Waals surface area contributed by atoms with Crippen molar-refractivity contribution in [3.8, 4) is 0 Å². The summed E-state index contributed by atoms with van der Waals surface area (Å²) in [7, 11) is -3.43. The normalized spacial score (nSPS) is 12.1. The second-order valence-corrected chi connectivity index (χ2v) is 9.54. The van der Waals surface area contributed by atoms with Crippen molar-refractivity contribution in [1.82, 2.24) is 5.32 Å². The van der Waals surface area contributed by atoms with Crippen LogP contribution in [0.25, 0.3) is 0 Å². The molecule has 1 unspecified atom stereocenters. The van der Waals surface area contributed by atoms with E-state index >= 15 is 0 Å². The summed E-state index contributed by atoms with van der Waals surface area (Å²) in [6.45, 7) is 3.55. The Morgan fingerprint density at radius 3 is 2.12 bits per heavy atom. The monoisotopic (exact) mass is 454 g/mol. The van der Waals surface area contributed by atoms with Gasteiger partial charge in [0.05, 0.1) is 10.9 Å². The van der Waals surface area contributed by atoms with Crippen LogP contribution in [0.5, 0.6) is 0 Å². The van der Waals surface area contributed by atoms with Crippen LogP contribution in [0.4, 0.5) is 10.1 Å². The highest BCUT2D eigenvalue weighted by Gasteiger charge is 2.17. The lowest BCUT2D eigenvalue weighted by Crippen LogP contribution is -2.27. The fourth-order valence-electron chi connectivity index (χ4n) is 3.09. The van der Waals surface area contributed by atoms with Crippen LogP contribution >= 0.6 is 0 Å². The van der Waals surface area contributed by atoms with Gasteiger partial charge in [0.25, 0.3) is 11.8 Å². The number of aryl methyl sites for hydroxylation is 1. The van der Waals surface area contributed by atoms with Crippen molar-refractivity contribution >= 4 is 27.3 Å². The molecule has 2 N–H and O–H groups in total. The maximum absolute atomic E-state index is 13.0. The molecule has 3 aromatic carbocycles. The summed E-state index contributed by atoms with van der Waals surface area (Å²) in [5.41, 5.74) is 2.65. The molecule has 3 rings (SSSR count). The van der Waals surface area contributed by atoms with Crippen LogP contribution in [0.15, 0.2) is 71.6 Å². The average Bonchev–Trinajstić information content (AvgIpc) is 2.74. The molecule has 0 saturated heterocycles. The molecule has 0 heterocycles. The molecular formula is C24H23FN2O4S. The zero-order chi connectivity index (χ0) is 23.5. The highest BCUT2D eigenvalue weighted by Crippen LogP contribution is 2.20. The van der Waals surface area contributed by atoms with E-state index in [-0.39, 0.29) is 22.8 Å². The number of rotatable bonds is 6. The van der Waals surface area contributed by atoms with E-state index in [9.17, 15) is 22.4 Å². The Labute approximate surface area is 186 Å². The number of amides is 2. The lowest BCUT2D eigenvalue weighted by Gasteiger charge is -2.16. The van der Waals surface area contributed by atoms with Gasteiger partial charge < -0.3 is 10.6 Å². The highest BCUT2D eigenvalue weighted by molar-refractivity contribution is 7.90. The van der Waals surface area contributed by atoms with Gasteiger partial charge >= 0.3 is 0 Å². The number of hydrogen-bond donors (Lipinski definition) is 2. The number of hydrogen-bond acceptors (Lipinski definition) is 4. The molecule has 1 atom stereocenters. The Morgan fingerprint density at radius 2 is 1.53 bits per heavy atom. The Kier molecular flexibility index (Phi) is 6.74. The summed E-state index contributed by atoms with van der Waals surface area (Å²) in [4.78, 5) is 25.1. The Morgan fingerprint density at radius 1 is 0.906 bits per heavy atom. The molecule has 0 aliphatic heterocycles. The smallest absolute Gasteiger partial charge is 0.255 e. The van der Waals surface area contributed by atoms with E-state index in [4.69, 9.17) is 0 Å². The SMILES string of the molecule is Cc1ccc(S(C)(=O)=O)cc1C(=O)NC(C)c1ccc(NC(=O)c2ccc(F)cc2)cc1. The minimum atomic E-state index is -3.43. The van der Waals surface area contributed by atoms with Crippen LogP contribution in [0, 0.1) is 12.7 Å². The van der Waals surface area contributed by atoms with Crippen molar-refractivity contribution in [2.75, 3.05) is 11.6 Å². The summed E-state index contributed by atoms with van der Waals surface area (Å²) in [5.74, 6) is -1.16. The van der Waals surface area contributed by atoms with Crippen molar-refractivity contribution in [3.63, 3.8) is 0 Å². The molecule has 0 aliphatic carbocycles. The lowest BCUT2D eigenvalue weighted by atomic mass is 10.1. The first-order valence-corrected chi connectivity index (χ1v) is 11.7. The molecule has 3 aromatic rings. The molecule has 0 saturated carbocycles. The standard InChI is InChI=1S/C24H23FN2O4S/c1-15-4-13-21(32(3,30)31)14-22(15)24(29)26-16(2)17-7-11-20(12-8-17)27-23(28)18-5-9-19(25)10-6-18/h4-14,16H,1-3H3,(H,26,29)(H,27,28). The van der Waals surface area contributed by atoms with E-state index in [1.165, 1.54) is 36.4 Å². The van der Waals surface area contributed by atoms with Gasteiger partial charge in [-0.1, -0.05) is 18.2 Å². The average molecular weight is 455 g/mol. The second-order valence-electron chi connectivity index (χ2n) is 7.53. The fourth-order valence-corrected chi connectivity index (χ4v) is 3.74. The molecule has 6 nitrogen and oxygen atoms in total. The molecule has 8 heteroatoms. The van der Waals surface area contributed by atoms with Gasteiger partial charge in [0, 0.05) is 23.1 Å². The minimum Gasteiger partial charge on any atom is -0.346 e. The van der Waals surface area contributed by atoms with Gasteiger partial charge in [-0.25, -0.2) is 12.8 Å². The molecule has 0 aromatic heterocycles. The molecular weight excluding hydrogens is 431 g/mol. The predicted octanol–water partition coefficient (Wildman–Crippen LogP) is 4.28. The highest BCUT2D eigenvalue weighted by atomic mass is 32.2. The first-order chi connectivity index (χ1) is 15.0. The van der Waals surface area contributed by atoms with Crippen LogP contribution in [-0.4, -0.2) is 26.5 Å². The van der Waals surface area contributed by atoms with Crippen LogP contribution in [-0.2, 0) is 9.84 Å². The number of anilines is 1. The molecule has 0 radical (unpaired) electrons. The van der Waals surface area contributed by atoms with Gasteiger partial charge in [-0.05, 0) is 73.5 Å². The fraction of sp³-hybridized carbons (Fsp3) is 0.167. The quantitative estimate of drug-likeness (QED) is 0.582. The van der Waals surface area contributed by atoms with Crippen molar-refractivity contribution < 1.29 is 22.4 Å². The molecule has 2 amide bonds. The van der Waals surface area contributed by atoms with Gasteiger partial charge in [0.2, 0.25) is 0 Å². The zero-order valence-electron chi connectivity index (χ0n) is 17.8.